The van der Waals surface area contributed by atoms with E-state index >= 15 is 0 Å². The van der Waals surface area contributed by atoms with Crippen LogP contribution < -0.4 is 10.1 Å². The molecule has 0 aliphatic carbocycles. The van der Waals surface area contributed by atoms with Gasteiger partial charge in [-0.2, -0.15) is 8.78 Å². The van der Waals surface area contributed by atoms with Crippen LogP contribution in [0.4, 0.5) is 8.78 Å². The number of thiazole rings is 1. The number of quaternary nitrogens is 1. The lowest BCUT2D eigenvalue weighted by Crippen LogP contribution is -2.83. The molecule has 0 saturated carbocycles. The van der Waals surface area contributed by atoms with E-state index in [1.807, 2.05) is 48.5 Å². The summed E-state index contributed by atoms with van der Waals surface area (Å²) in [5, 5.41) is 3.27. The van der Waals surface area contributed by atoms with E-state index in [1.54, 1.807) is 23.5 Å². The Balaban J connectivity index is 1.57. The fourth-order valence-corrected chi connectivity index (χ4v) is 4.15. The van der Waals surface area contributed by atoms with Gasteiger partial charge in [0.25, 0.3) is 0 Å². The molecule has 1 heterocycles. The van der Waals surface area contributed by atoms with Crippen molar-refractivity contribution in [1.82, 2.24) is 4.98 Å². The zero-order chi connectivity index (χ0) is 19.3. The molecular weight excluding hydrogens is 378 g/mol. The van der Waals surface area contributed by atoms with Gasteiger partial charge in [-0.1, -0.05) is 42.5 Å². The maximum atomic E-state index is 12.4. The van der Waals surface area contributed by atoms with Gasteiger partial charge in [0.15, 0.2) is 0 Å². The van der Waals surface area contributed by atoms with Gasteiger partial charge in [0.1, 0.15) is 23.3 Å². The second-order valence-electron chi connectivity index (χ2n) is 6.35. The molecule has 0 radical (unpaired) electrons. The van der Waals surface area contributed by atoms with Crippen molar-refractivity contribution >= 4 is 21.6 Å². The fraction of sp³-hybridized carbons (Fsp3) is 0.136. The Hall–Kier alpha value is -2.83. The first-order chi connectivity index (χ1) is 13.7. The molecule has 142 valence electrons. The van der Waals surface area contributed by atoms with Gasteiger partial charge in [0.05, 0.1) is 10.2 Å². The Kier molecular flexibility index (Phi) is 5.60. The minimum absolute atomic E-state index is 0.0359. The van der Waals surface area contributed by atoms with E-state index in [0.29, 0.717) is 0 Å². The molecule has 3 aromatic carbocycles. The van der Waals surface area contributed by atoms with Crippen LogP contribution in [-0.4, -0.2) is 11.6 Å². The summed E-state index contributed by atoms with van der Waals surface area (Å²) in [5.41, 5.74) is 3.18. The monoisotopic (exact) mass is 397 g/mol. The molecule has 1 aromatic heterocycles. The number of nitrogens with two attached hydrogens (primary N) is 1. The van der Waals surface area contributed by atoms with Crippen molar-refractivity contribution in [3.63, 3.8) is 0 Å². The van der Waals surface area contributed by atoms with Crippen LogP contribution >= 0.6 is 11.3 Å². The molecule has 0 saturated heterocycles. The number of para-hydroxylation sites is 1. The smallest absolute Gasteiger partial charge is 0.387 e. The molecule has 0 aliphatic heterocycles. The van der Waals surface area contributed by atoms with Gasteiger partial charge in [-0.25, -0.2) is 4.98 Å². The van der Waals surface area contributed by atoms with Crippen molar-refractivity contribution < 1.29 is 18.8 Å². The SMILES string of the molecule is FC(F)Oc1ccc([C@H]([NH2+]Cc2nc3ccccc3s2)c2ccccc2)cc1. The van der Waals surface area contributed by atoms with Crippen LogP contribution in [-0.2, 0) is 6.54 Å². The molecule has 0 amide bonds. The van der Waals surface area contributed by atoms with Crippen LogP contribution in [0.1, 0.15) is 22.2 Å². The maximum Gasteiger partial charge on any atom is 0.387 e. The van der Waals surface area contributed by atoms with Crippen molar-refractivity contribution in [2.45, 2.75) is 19.2 Å². The van der Waals surface area contributed by atoms with Crippen LogP contribution in [0.15, 0.2) is 78.9 Å². The van der Waals surface area contributed by atoms with E-state index in [9.17, 15) is 8.78 Å². The molecule has 1 atom stereocenters. The van der Waals surface area contributed by atoms with E-state index in [1.165, 1.54) is 4.70 Å². The first kappa shape index (κ1) is 18.5. The Morgan fingerprint density at radius 3 is 2.25 bits per heavy atom. The van der Waals surface area contributed by atoms with Crippen LogP contribution in [0.2, 0.25) is 0 Å². The van der Waals surface area contributed by atoms with Crippen molar-refractivity contribution in [3.8, 4) is 5.75 Å². The number of fused-ring (bicyclic) bond motifs is 1. The van der Waals surface area contributed by atoms with Crippen LogP contribution in [0.5, 0.6) is 5.75 Å². The molecule has 0 fully saturated rings. The van der Waals surface area contributed by atoms with E-state index in [4.69, 9.17) is 4.98 Å². The fourth-order valence-electron chi connectivity index (χ4n) is 3.21. The van der Waals surface area contributed by atoms with Gasteiger partial charge in [0.2, 0.25) is 0 Å². The highest BCUT2D eigenvalue weighted by Gasteiger charge is 2.19. The number of halogens is 2. The van der Waals surface area contributed by atoms with E-state index < -0.39 is 6.61 Å². The number of hydrogen-bond acceptors (Lipinski definition) is 3. The minimum Gasteiger partial charge on any atom is -0.435 e. The highest BCUT2D eigenvalue weighted by Crippen LogP contribution is 2.24. The number of hydrogen-bond donors (Lipinski definition) is 1. The third kappa shape index (κ3) is 4.35. The first-order valence-electron chi connectivity index (χ1n) is 8.96. The van der Waals surface area contributed by atoms with Crippen molar-refractivity contribution in [2.75, 3.05) is 0 Å². The zero-order valence-electron chi connectivity index (χ0n) is 15.0. The van der Waals surface area contributed by atoms with Crippen LogP contribution in [0, 0.1) is 0 Å². The number of aromatic nitrogens is 1. The lowest BCUT2D eigenvalue weighted by molar-refractivity contribution is -0.702. The molecule has 0 aliphatic rings. The van der Waals surface area contributed by atoms with Crippen molar-refractivity contribution in [1.29, 1.82) is 0 Å². The summed E-state index contributed by atoms with van der Waals surface area (Å²) in [6.07, 6.45) is 0. The van der Waals surface area contributed by atoms with E-state index in [-0.39, 0.29) is 11.8 Å². The van der Waals surface area contributed by atoms with Crippen LogP contribution in [0.3, 0.4) is 0 Å². The molecule has 4 aromatic rings. The number of ether oxygens (including phenoxy) is 1. The molecule has 6 heteroatoms. The van der Waals surface area contributed by atoms with Crippen LogP contribution in [0.25, 0.3) is 10.2 Å². The summed E-state index contributed by atoms with van der Waals surface area (Å²) in [6, 6.07) is 25.1. The number of nitrogens with zero attached hydrogens (tertiary/aromatic N) is 1. The summed E-state index contributed by atoms with van der Waals surface area (Å²) in [6.45, 7) is -2.09. The van der Waals surface area contributed by atoms with Gasteiger partial charge >= 0.3 is 6.61 Å². The molecule has 0 unspecified atom stereocenters. The summed E-state index contributed by atoms with van der Waals surface area (Å²) >= 11 is 1.69. The minimum atomic E-state index is -2.82. The highest BCUT2D eigenvalue weighted by molar-refractivity contribution is 7.18. The summed E-state index contributed by atoms with van der Waals surface area (Å²) in [4.78, 5) is 4.70. The average Bonchev–Trinajstić information content (AvgIpc) is 3.13. The topological polar surface area (TPSA) is 38.7 Å². The zero-order valence-corrected chi connectivity index (χ0v) is 15.8. The third-order valence-electron chi connectivity index (χ3n) is 4.49. The largest absolute Gasteiger partial charge is 0.435 e. The second-order valence-corrected chi connectivity index (χ2v) is 7.47. The summed E-state index contributed by atoms with van der Waals surface area (Å²) in [7, 11) is 0. The highest BCUT2D eigenvalue weighted by atomic mass is 32.1. The maximum absolute atomic E-state index is 12.4. The predicted octanol–water partition coefficient (Wildman–Crippen LogP) is 4.75. The summed E-state index contributed by atoms with van der Waals surface area (Å²) < 4.78 is 30.5. The molecule has 28 heavy (non-hydrogen) atoms. The molecule has 3 nitrogen and oxygen atoms in total. The molecule has 4 rings (SSSR count). The van der Waals surface area contributed by atoms with E-state index in [0.717, 1.165) is 28.2 Å². The lowest BCUT2D eigenvalue weighted by atomic mass is 9.98. The number of benzene rings is 3. The first-order valence-corrected chi connectivity index (χ1v) is 9.78. The standard InChI is InChI=1S/C22H18F2N2OS/c23-22(24)27-17-12-10-16(11-13-17)21(15-6-2-1-3-7-15)25-14-20-26-18-8-4-5-9-19(18)28-20/h1-13,21-22,25H,14H2/p+1/t21-/m1/s1. The van der Waals surface area contributed by atoms with Gasteiger partial charge in [-0.15, -0.1) is 11.3 Å². The predicted molar refractivity (Wildman–Crippen MR) is 107 cm³/mol. The normalized spacial score (nSPS) is 12.4. The Morgan fingerprint density at radius 2 is 1.54 bits per heavy atom. The molecule has 0 bridgehead atoms. The quantitative estimate of drug-likeness (QED) is 0.489. The molecule has 0 spiro atoms. The Labute approximate surface area is 165 Å². The summed E-state index contributed by atoms with van der Waals surface area (Å²) in [5.74, 6) is 0.164. The Bertz CT molecular complexity index is 1000. The van der Waals surface area contributed by atoms with Crippen molar-refractivity contribution in [2.24, 2.45) is 0 Å². The molecular formula is C22H19F2N2OS+. The second kappa shape index (κ2) is 8.46. The third-order valence-corrected chi connectivity index (χ3v) is 5.55. The van der Waals surface area contributed by atoms with Gasteiger partial charge in [-0.05, 0) is 36.4 Å². The molecule has 2 N–H and O–H groups in total. The number of rotatable bonds is 7. The lowest BCUT2D eigenvalue weighted by Gasteiger charge is -2.16. The van der Waals surface area contributed by atoms with E-state index in [2.05, 4.69) is 28.3 Å². The van der Waals surface area contributed by atoms with Crippen molar-refractivity contribution in [3.05, 3.63) is 95.0 Å². The Morgan fingerprint density at radius 1 is 0.857 bits per heavy atom. The van der Waals surface area contributed by atoms with Gasteiger partial charge < -0.3 is 10.1 Å². The van der Waals surface area contributed by atoms with Gasteiger partial charge in [0, 0.05) is 11.1 Å². The average molecular weight is 397 g/mol. The number of alkyl halides is 2. The van der Waals surface area contributed by atoms with Gasteiger partial charge in [-0.3, -0.25) is 0 Å².